The highest BCUT2D eigenvalue weighted by molar-refractivity contribution is 6.20. The lowest BCUT2D eigenvalue weighted by Crippen LogP contribution is -1.94. The van der Waals surface area contributed by atoms with Gasteiger partial charge in [0.05, 0.1) is 22.2 Å². The zero-order chi connectivity index (χ0) is 34.9. The van der Waals surface area contributed by atoms with E-state index < -0.39 is 0 Å². The number of para-hydroxylation sites is 2. The number of nitrogens with zero attached hydrogens (tertiary/aromatic N) is 2. The lowest BCUT2D eigenvalue weighted by Gasteiger charge is -2.14. The molecule has 0 N–H and O–H groups in total. The van der Waals surface area contributed by atoms with Gasteiger partial charge in [-0.05, 0) is 110 Å². The molecule has 11 rings (SSSR count). The zero-order valence-corrected chi connectivity index (χ0v) is 28.9. The smallest absolute Gasteiger partial charge is 0.0788 e. The minimum atomic E-state index is 0.993. The molecule has 0 spiro atoms. The molecule has 2 aromatic heterocycles. The van der Waals surface area contributed by atoms with Gasteiger partial charge >= 0.3 is 0 Å². The minimum absolute atomic E-state index is 0.993. The van der Waals surface area contributed by atoms with Crippen molar-refractivity contribution in [3.05, 3.63) is 194 Å². The van der Waals surface area contributed by atoms with Crippen LogP contribution in [-0.2, 0) is 0 Å². The standard InChI is InChI=1S/C51H32N2/c1-3-12-34(13-4-1)51-47-32-50-46(43-17-9-10-18-49(43)53(50)42-15-5-2-6-16-42)31-44(47)45-30-41(25-26-48(45)52-51)40-24-23-38-28-37(21-22-39(38)29-40)36-20-19-33-11-7-8-14-35(33)27-36/h1-32H. The van der Waals surface area contributed by atoms with Crippen molar-refractivity contribution in [3.8, 4) is 39.2 Å². The van der Waals surface area contributed by atoms with Gasteiger partial charge in [0.25, 0.3) is 0 Å². The summed E-state index contributed by atoms with van der Waals surface area (Å²) in [6, 6.07) is 70.5. The second-order valence-electron chi connectivity index (χ2n) is 14.0. The van der Waals surface area contributed by atoms with Gasteiger partial charge in [-0.1, -0.05) is 133 Å². The molecule has 2 heterocycles. The third-order valence-electron chi connectivity index (χ3n) is 10.9. The van der Waals surface area contributed by atoms with E-state index in [2.05, 4.69) is 199 Å². The van der Waals surface area contributed by atoms with E-state index in [0.717, 1.165) is 33.2 Å². The molecule has 11 aromatic rings. The van der Waals surface area contributed by atoms with Gasteiger partial charge < -0.3 is 4.57 Å². The third kappa shape index (κ3) is 4.84. The van der Waals surface area contributed by atoms with Gasteiger partial charge in [-0.15, -0.1) is 0 Å². The first-order valence-corrected chi connectivity index (χ1v) is 18.2. The number of rotatable bonds is 4. The summed E-state index contributed by atoms with van der Waals surface area (Å²) in [5, 5.41) is 11.0. The van der Waals surface area contributed by atoms with Gasteiger partial charge in [-0.25, -0.2) is 4.98 Å². The van der Waals surface area contributed by atoms with Crippen molar-refractivity contribution >= 4 is 65.0 Å². The normalized spacial score (nSPS) is 11.8. The maximum absolute atomic E-state index is 5.37. The van der Waals surface area contributed by atoms with E-state index in [-0.39, 0.29) is 0 Å². The van der Waals surface area contributed by atoms with Gasteiger partial charge in [-0.2, -0.15) is 0 Å². The zero-order valence-electron chi connectivity index (χ0n) is 28.9. The summed E-state index contributed by atoms with van der Waals surface area (Å²) in [5.41, 5.74) is 11.5. The summed E-state index contributed by atoms with van der Waals surface area (Å²) >= 11 is 0. The predicted molar refractivity (Wildman–Crippen MR) is 225 cm³/mol. The number of fused-ring (bicyclic) bond motifs is 8. The Hall–Kier alpha value is -7.03. The molecule has 0 bridgehead atoms. The van der Waals surface area contributed by atoms with Crippen molar-refractivity contribution < 1.29 is 0 Å². The summed E-state index contributed by atoms with van der Waals surface area (Å²) in [6.45, 7) is 0. The average Bonchev–Trinajstić information content (AvgIpc) is 3.56. The molecule has 53 heavy (non-hydrogen) atoms. The molecule has 0 aliphatic carbocycles. The highest BCUT2D eigenvalue weighted by Crippen LogP contribution is 2.41. The molecule has 0 fully saturated rings. The highest BCUT2D eigenvalue weighted by atomic mass is 15.0. The Labute approximate surface area is 306 Å². The van der Waals surface area contributed by atoms with Crippen molar-refractivity contribution in [2.75, 3.05) is 0 Å². The van der Waals surface area contributed by atoms with Crippen LogP contribution in [0.5, 0.6) is 0 Å². The Balaban J connectivity index is 1.10. The largest absolute Gasteiger partial charge is 0.309 e. The first-order valence-electron chi connectivity index (χ1n) is 18.2. The molecular weight excluding hydrogens is 641 g/mol. The Morgan fingerprint density at radius 1 is 0.302 bits per heavy atom. The maximum atomic E-state index is 5.37. The second kappa shape index (κ2) is 11.8. The molecule has 2 heteroatoms. The Morgan fingerprint density at radius 2 is 0.868 bits per heavy atom. The van der Waals surface area contributed by atoms with E-state index in [9.17, 15) is 0 Å². The molecule has 0 aliphatic rings. The van der Waals surface area contributed by atoms with Gasteiger partial charge in [0.15, 0.2) is 0 Å². The van der Waals surface area contributed by atoms with Crippen LogP contribution < -0.4 is 0 Å². The quantitative estimate of drug-likeness (QED) is 0.170. The highest BCUT2D eigenvalue weighted by Gasteiger charge is 2.18. The van der Waals surface area contributed by atoms with Crippen LogP contribution in [-0.4, -0.2) is 9.55 Å². The van der Waals surface area contributed by atoms with Crippen LogP contribution in [0.3, 0.4) is 0 Å². The second-order valence-corrected chi connectivity index (χ2v) is 14.0. The Morgan fingerprint density at radius 3 is 1.60 bits per heavy atom. The van der Waals surface area contributed by atoms with E-state index in [1.807, 2.05) is 0 Å². The van der Waals surface area contributed by atoms with Crippen LogP contribution in [0.1, 0.15) is 0 Å². The summed E-state index contributed by atoms with van der Waals surface area (Å²) < 4.78 is 2.39. The lowest BCUT2D eigenvalue weighted by molar-refractivity contribution is 1.18. The van der Waals surface area contributed by atoms with Crippen molar-refractivity contribution in [1.29, 1.82) is 0 Å². The molecule has 0 saturated carbocycles. The van der Waals surface area contributed by atoms with E-state index in [4.69, 9.17) is 4.98 Å². The fourth-order valence-electron chi connectivity index (χ4n) is 8.29. The predicted octanol–water partition coefficient (Wildman–Crippen LogP) is 13.8. The molecule has 246 valence electrons. The first kappa shape index (κ1) is 29.7. The average molecular weight is 673 g/mol. The molecule has 0 unspecified atom stereocenters. The molecular formula is C51H32N2. The van der Waals surface area contributed by atoms with Crippen LogP contribution in [0.2, 0.25) is 0 Å². The fourth-order valence-corrected chi connectivity index (χ4v) is 8.29. The lowest BCUT2D eigenvalue weighted by atomic mass is 9.94. The molecule has 0 radical (unpaired) electrons. The van der Waals surface area contributed by atoms with E-state index in [1.54, 1.807) is 0 Å². The molecule has 0 atom stereocenters. The van der Waals surface area contributed by atoms with Crippen LogP contribution in [0.4, 0.5) is 0 Å². The van der Waals surface area contributed by atoms with Gasteiger partial charge in [0.2, 0.25) is 0 Å². The number of aromatic nitrogens is 2. The molecule has 0 aliphatic heterocycles. The van der Waals surface area contributed by atoms with Crippen molar-refractivity contribution in [2.45, 2.75) is 0 Å². The molecule has 2 nitrogen and oxygen atoms in total. The minimum Gasteiger partial charge on any atom is -0.309 e. The number of hydrogen-bond donors (Lipinski definition) is 0. The van der Waals surface area contributed by atoms with E-state index in [0.29, 0.717) is 0 Å². The van der Waals surface area contributed by atoms with Crippen LogP contribution in [0.15, 0.2) is 194 Å². The molecule has 9 aromatic carbocycles. The first-order chi connectivity index (χ1) is 26.2. The molecule has 0 saturated heterocycles. The van der Waals surface area contributed by atoms with Crippen LogP contribution in [0.25, 0.3) is 104 Å². The van der Waals surface area contributed by atoms with Crippen molar-refractivity contribution in [1.82, 2.24) is 9.55 Å². The summed E-state index contributed by atoms with van der Waals surface area (Å²) in [5.74, 6) is 0. The van der Waals surface area contributed by atoms with Gasteiger partial charge in [0.1, 0.15) is 0 Å². The van der Waals surface area contributed by atoms with E-state index >= 15 is 0 Å². The van der Waals surface area contributed by atoms with Gasteiger partial charge in [-0.3, -0.25) is 0 Å². The Kier molecular flexibility index (Phi) is 6.59. The number of pyridine rings is 1. The van der Waals surface area contributed by atoms with Crippen molar-refractivity contribution in [3.63, 3.8) is 0 Å². The third-order valence-corrected chi connectivity index (χ3v) is 10.9. The summed E-state index contributed by atoms with van der Waals surface area (Å²) in [4.78, 5) is 5.37. The SMILES string of the molecule is c1ccc(-c2nc3ccc(-c4ccc5cc(-c6ccc7ccccc7c6)ccc5c4)cc3c3cc4c5ccccc5n(-c5ccccc5)c4cc23)cc1. The number of hydrogen-bond acceptors (Lipinski definition) is 1. The van der Waals surface area contributed by atoms with Gasteiger partial charge in [0, 0.05) is 32.8 Å². The maximum Gasteiger partial charge on any atom is 0.0788 e. The monoisotopic (exact) mass is 672 g/mol. The molecule has 0 amide bonds. The fraction of sp³-hybridized carbons (Fsp3) is 0. The van der Waals surface area contributed by atoms with Crippen LogP contribution >= 0.6 is 0 Å². The van der Waals surface area contributed by atoms with Crippen LogP contribution in [0, 0.1) is 0 Å². The topological polar surface area (TPSA) is 17.8 Å². The van der Waals surface area contributed by atoms with E-state index in [1.165, 1.54) is 71.0 Å². The Bertz CT molecular complexity index is 3210. The summed E-state index contributed by atoms with van der Waals surface area (Å²) in [6.07, 6.45) is 0. The number of benzene rings is 9. The van der Waals surface area contributed by atoms with Crippen molar-refractivity contribution in [2.24, 2.45) is 0 Å². The summed E-state index contributed by atoms with van der Waals surface area (Å²) in [7, 11) is 0.